The van der Waals surface area contributed by atoms with E-state index in [1.165, 1.54) is 0 Å². The molecule has 1 heterocycles. The molecule has 1 amide bonds. The van der Waals surface area contributed by atoms with Crippen molar-refractivity contribution in [1.29, 1.82) is 0 Å². The Hall–Kier alpha value is -1.55. The standard InChI is InChI=1S/C15H21NO3/c1-15(2,3)12-6-4-5-7-13(12)16-14(17)19-11-8-9-18-10-11/h4-7,11H,8-10H2,1-3H3,(H,16,17). The summed E-state index contributed by atoms with van der Waals surface area (Å²) in [6.07, 6.45) is 0.239. The van der Waals surface area contributed by atoms with E-state index in [1.807, 2.05) is 24.3 Å². The third-order valence-electron chi connectivity index (χ3n) is 3.13. The number of rotatable bonds is 2. The van der Waals surface area contributed by atoms with E-state index in [4.69, 9.17) is 9.47 Å². The molecule has 0 bridgehead atoms. The van der Waals surface area contributed by atoms with Crippen LogP contribution in [0.2, 0.25) is 0 Å². The fraction of sp³-hybridized carbons (Fsp3) is 0.533. The number of anilines is 1. The molecule has 1 aromatic carbocycles. The van der Waals surface area contributed by atoms with Crippen LogP contribution in [-0.4, -0.2) is 25.4 Å². The zero-order chi connectivity index (χ0) is 13.9. The van der Waals surface area contributed by atoms with Gasteiger partial charge in [0.1, 0.15) is 6.10 Å². The van der Waals surface area contributed by atoms with Crippen LogP contribution in [0.1, 0.15) is 32.8 Å². The Bertz CT molecular complexity index is 445. The molecule has 1 aliphatic heterocycles. The van der Waals surface area contributed by atoms with Gasteiger partial charge in [0.05, 0.1) is 13.2 Å². The Kier molecular flexibility index (Phi) is 4.10. The summed E-state index contributed by atoms with van der Waals surface area (Å²) in [5, 5.41) is 2.83. The molecule has 4 heteroatoms. The lowest BCUT2D eigenvalue weighted by molar-refractivity contribution is 0.0931. The van der Waals surface area contributed by atoms with E-state index in [-0.39, 0.29) is 11.5 Å². The van der Waals surface area contributed by atoms with Gasteiger partial charge in [-0.1, -0.05) is 39.0 Å². The summed E-state index contributed by atoms with van der Waals surface area (Å²) in [6.45, 7) is 7.50. The molecule has 0 aromatic heterocycles. The van der Waals surface area contributed by atoms with E-state index in [0.29, 0.717) is 13.2 Å². The number of carbonyl (C=O) groups excluding carboxylic acids is 1. The molecule has 104 valence electrons. The van der Waals surface area contributed by atoms with Crippen LogP contribution in [0.4, 0.5) is 10.5 Å². The number of ether oxygens (including phenoxy) is 2. The van der Waals surface area contributed by atoms with Crippen molar-refractivity contribution in [1.82, 2.24) is 0 Å². The number of hydrogen-bond acceptors (Lipinski definition) is 3. The summed E-state index contributed by atoms with van der Waals surface area (Å²) in [7, 11) is 0. The first kappa shape index (κ1) is 13.9. The van der Waals surface area contributed by atoms with Crippen molar-refractivity contribution >= 4 is 11.8 Å². The van der Waals surface area contributed by atoms with Gasteiger partial charge in [-0.3, -0.25) is 5.32 Å². The maximum absolute atomic E-state index is 11.9. The third kappa shape index (κ3) is 3.70. The van der Waals surface area contributed by atoms with Crippen LogP contribution in [0, 0.1) is 0 Å². The van der Waals surface area contributed by atoms with Crippen molar-refractivity contribution in [3.63, 3.8) is 0 Å². The third-order valence-corrected chi connectivity index (χ3v) is 3.13. The molecule has 0 radical (unpaired) electrons. The molecule has 1 aliphatic rings. The molecule has 1 atom stereocenters. The van der Waals surface area contributed by atoms with Crippen molar-refractivity contribution in [2.45, 2.75) is 38.7 Å². The van der Waals surface area contributed by atoms with E-state index < -0.39 is 6.09 Å². The van der Waals surface area contributed by atoms with Gasteiger partial charge in [0.2, 0.25) is 0 Å². The lowest BCUT2D eigenvalue weighted by atomic mass is 9.86. The van der Waals surface area contributed by atoms with E-state index in [1.54, 1.807) is 0 Å². The van der Waals surface area contributed by atoms with Gasteiger partial charge < -0.3 is 9.47 Å². The maximum atomic E-state index is 11.9. The van der Waals surface area contributed by atoms with Gasteiger partial charge in [-0.2, -0.15) is 0 Å². The fourth-order valence-corrected chi connectivity index (χ4v) is 2.14. The second kappa shape index (κ2) is 5.61. The second-order valence-corrected chi connectivity index (χ2v) is 5.81. The smallest absolute Gasteiger partial charge is 0.411 e. The number of carbonyl (C=O) groups is 1. The zero-order valence-electron chi connectivity index (χ0n) is 11.7. The molecule has 2 rings (SSSR count). The van der Waals surface area contributed by atoms with Crippen molar-refractivity contribution in [2.24, 2.45) is 0 Å². The van der Waals surface area contributed by atoms with Gasteiger partial charge >= 0.3 is 6.09 Å². The largest absolute Gasteiger partial charge is 0.443 e. The lowest BCUT2D eigenvalue weighted by Crippen LogP contribution is -2.24. The molecule has 0 saturated carbocycles. The molecule has 1 saturated heterocycles. The first-order valence-corrected chi connectivity index (χ1v) is 6.62. The molecule has 1 N–H and O–H groups in total. The van der Waals surface area contributed by atoms with E-state index in [9.17, 15) is 4.79 Å². The Morgan fingerprint density at radius 1 is 1.37 bits per heavy atom. The van der Waals surface area contributed by atoms with E-state index in [2.05, 4.69) is 26.1 Å². The molecule has 1 fully saturated rings. The van der Waals surface area contributed by atoms with Crippen molar-refractivity contribution in [2.75, 3.05) is 18.5 Å². The summed E-state index contributed by atoms with van der Waals surface area (Å²) >= 11 is 0. The number of para-hydroxylation sites is 1. The van der Waals surface area contributed by atoms with Crippen LogP contribution in [0.3, 0.4) is 0 Å². The zero-order valence-corrected chi connectivity index (χ0v) is 11.7. The summed E-state index contributed by atoms with van der Waals surface area (Å²) in [6, 6.07) is 7.80. The predicted octanol–water partition coefficient (Wildman–Crippen LogP) is 3.32. The molecular weight excluding hydrogens is 242 g/mol. The van der Waals surface area contributed by atoms with Crippen molar-refractivity contribution < 1.29 is 14.3 Å². The van der Waals surface area contributed by atoms with Crippen molar-refractivity contribution in [3.8, 4) is 0 Å². The predicted molar refractivity (Wildman–Crippen MR) is 74.5 cm³/mol. The van der Waals surface area contributed by atoms with Gasteiger partial charge in [-0.25, -0.2) is 4.79 Å². The topological polar surface area (TPSA) is 47.6 Å². The highest BCUT2D eigenvalue weighted by molar-refractivity contribution is 5.86. The first-order chi connectivity index (χ1) is 8.97. The Labute approximate surface area is 114 Å². The normalized spacial score (nSPS) is 19.2. The van der Waals surface area contributed by atoms with Gasteiger partial charge in [0, 0.05) is 12.1 Å². The quantitative estimate of drug-likeness (QED) is 0.890. The number of nitrogens with one attached hydrogen (secondary N) is 1. The van der Waals surface area contributed by atoms with Gasteiger partial charge in [-0.15, -0.1) is 0 Å². The monoisotopic (exact) mass is 263 g/mol. The highest BCUT2D eigenvalue weighted by Gasteiger charge is 2.22. The molecule has 0 aliphatic carbocycles. The van der Waals surface area contributed by atoms with Crippen LogP contribution >= 0.6 is 0 Å². The molecule has 1 unspecified atom stereocenters. The Balaban J connectivity index is 2.04. The maximum Gasteiger partial charge on any atom is 0.411 e. The number of hydrogen-bond donors (Lipinski definition) is 1. The van der Waals surface area contributed by atoms with Crippen LogP contribution in [-0.2, 0) is 14.9 Å². The van der Waals surface area contributed by atoms with E-state index >= 15 is 0 Å². The molecular formula is C15H21NO3. The summed E-state index contributed by atoms with van der Waals surface area (Å²) < 4.78 is 10.5. The molecule has 19 heavy (non-hydrogen) atoms. The first-order valence-electron chi connectivity index (χ1n) is 6.62. The molecule has 1 aromatic rings. The Morgan fingerprint density at radius 3 is 2.74 bits per heavy atom. The minimum Gasteiger partial charge on any atom is -0.443 e. The number of benzene rings is 1. The second-order valence-electron chi connectivity index (χ2n) is 5.81. The SMILES string of the molecule is CC(C)(C)c1ccccc1NC(=O)OC1CCOC1. The highest BCUT2D eigenvalue weighted by Crippen LogP contribution is 2.29. The summed E-state index contributed by atoms with van der Waals surface area (Å²) in [5.41, 5.74) is 1.87. The van der Waals surface area contributed by atoms with Gasteiger partial charge in [0.15, 0.2) is 0 Å². The summed E-state index contributed by atoms with van der Waals surface area (Å²) in [4.78, 5) is 11.9. The molecule has 4 nitrogen and oxygen atoms in total. The number of amides is 1. The van der Waals surface area contributed by atoms with Crippen LogP contribution < -0.4 is 5.32 Å². The lowest BCUT2D eigenvalue weighted by Gasteiger charge is -2.23. The van der Waals surface area contributed by atoms with Crippen LogP contribution in [0.15, 0.2) is 24.3 Å². The van der Waals surface area contributed by atoms with E-state index in [0.717, 1.165) is 17.7 Å². The van der Waals surface area contributed by atoms with Crippen molar-refractivity contribution in [3.05, 3.63) is 29.8 Å². The fourth-order valence-electron chi connectivity index (χ4n) is 2.14. The Morgan fingerprint density at radius 2 is 2.11 bits per heavy atom. The minimum atomic E-state index is -0.410. The average Bonchev–Trinajstić information content (AvgIpc) is 2.81. The van der Waals surface area contributed by atoms with Gasteiger partial charge in [-0.05, 0) is 17.0 Å². The van der Waals surface area contributed by atoms with Crippen LogP contribution in [0.25, 0.3) is 0 Å². The summed E-state index contributed by atoms with van der Waals surface area (Å²) in [5.74, 6) is 0. The van der Waals surface area contributed by atoms with Crippen LogP contribution in [0.5, 0.6) is 0 Å². The van der Waals surface area contributed by atoms with Gasteiger partial charge in [0.25, 0.3) is 0 Å². The minimum absolute atomic E-state index is 0.0274. The average molecular weight is 263 g/mol. The highest BCUT2D eigenvalue weighted by atomic mass is 16.6. The molecule has 0 spiro atoms.